The fourth-order valence-corrected chi connectivity index (χ4v) is 3.61. The van der Waals surface area contributed by atoms with E-state index in [9.17, 15) is 0 Å². The van der Waals surface area contributed by atoms with Gasteiger partial charge in [-0.15, -0.1) is 11.8 Å². The fourth-order valence-electron chi connectivity index (χ4n) is 2.32. The predicted molar refractivity (Wildman–Crippen MR) is 73.8 cm³/mol. The first-order valence-corrected chi connectivity index (χ1v) is 7.14. The monoisotopic (exact) mass is 251 g/mol. The van der Waals surface area contributed by atoms with Gasteiger partial charge in [0.15, 0.2) is 0 Å². The van der Waals surface area contributed by atoms with E-state index in [0.717, 1.165) is 11.0 Å². The van der Waals surface area contributed by atoms with Crippen molar-refractivity contribution in [2.45, 2.75) is 48.8 Å². The minimum absolute atomic E-state index is 0.435. The number of aryl methyl sites for hydroxylation is 1. The Morgan fingerprint density at radius 1 is 1.24 bits per heavy atom. The van der Waals surface area contributed by atoms with Gasteiger partial charge < -0.3 is 10.5 Å². The van der Waals surface area contributed by atoms with Crippen molar-refractivity contribution in [1.29, 1.82) is 0 Å². The molecule has 3 heteroatoms. The van der Waals surface area contributed by atoms with E-state index in [4.69, 9.17) is 10.5 Å². The molecule has 0 bridgehead atoms. The molecule has 2 nitrogen and oxygen atoms in total. The summed E-state index contributed by atoms with van der Waals surface area (Å²) in [6, 6.07) is 6.87. The smallest absolute Gasteiger partial charge is 0.121 e. The van der Waals surface area contributed by atoms with E-state index in [2.05, 4.69) is 25.1 Å². The number of thioether (sulfide) groups is 1. The highest BCUT2D eigenvalue weighted by Gasteiger charge is 2.19. The summed E-state index contributed by atoms with van der Waals surface area (Å²) in [5.74, 6) is 0.972. The minimum Gasteiger partial charge on any atom is -0.496 e. The Morgan fingerprint density at radius 3 is 2.53 bits per heavy atom. The Bertz CT molecular complexity index is 372. The summed E-state index contributed by atoms with van der Waals surface area (Å²) < 4.78 is 5.28. The third kappa shape index (κ3) is 3.39. The van der Waals surface area contributed by atoms with Crippen LogP contribution in [0.25, 0.3) is 0 Å². The molecule has 17 heavy (non-hydrogen) atoms. The van der Waals surface area contributed by atoms with Crippen LogP contribution in [-0.4, -0.2) is 18.4 Å². The van der Waals surface area contributed by atoms with Gasteiger partial charge in [-0.2, -0.15) is 0 Å². The standard InChI is InChI=1S/C14H21NOS/c1-10-9-13(7-8-14(10)16-2)17-12-5-3-11(15)4-6-12/h7-9,11-12H,3-6,15H2,1-2H3. The van der Waals surface area contributed by atoms with Gasteiger partial charge in [0, 0.05) is 16.2 Å². The van der Waals surface area contributed by atoms with Gasteiger partial charge in [-0.05, 0) is 56.4 Å². The summed E-state index contributed by atoms with van der Waals surface area (Å²) in [7, 11) is 1.72. The van der Waals surface area contributed by atoms with E-state index < -0.39 is 0 Å². The molecule has 1 aliphatic carbocycles. The summed E-state index contributed by atoms with van der Waals surface area (Å²) in [5, 5.41) is 0.739. The summed E-state index contributed by atoms with van der Waals surface area (Å²) in [5.41, 5.74) is 7.14. The third-order valence-corrected chi connectivity index (χ3v) is 4.72. The molecule has 1 aromatic rings. The van der Waals surface area contributed by atoms with Crippen LogP contribution in [-0.2, 0) is 0 Å². The first-order valence-electron chi connectivity index (χ1n) is 6.26. The Hall–Kier alpha value is -0.670. The van der Waals surface area contributed by atoms with Crippen LogP contribution in [0.15, 0.2) is 23.1 Å². The summed E-state index contributed by atoms with van der Waals surface area (Å²) in [4.78, 5) is 1.35. The maximum atomic E-state index is 5.93. The Kier molecular flexibility index (Phi) is 4.35. The lowest BCUT2D eigenvalue weighted by molar-refractivity contribution is 0.411. The molecular weight excluding hydrogens is 230 g/mol. The van der Waals surface area contributed by atoms with E-state index in [0.29, 0.717) is 6.04 Å². The summed E-state index contributed by atoms with van der Waals surface area (Å²) in [6.07, 6.45) is 4.84. The molecule has 0 atom stereocenters. The molecule has 0 spiro atoms. The molecule has 1 fully saturated rings. The fraction of sp³-hybridized carbons (Fsp3) is 0.571. The number of nitrogens with two attached hydrogens (primary N) is 1. The second-order valence-electron chi connectivity index (χ2n) is 4.79. The lowest BCUT2D eigenvalue weighted by Crippen LogP contribution is -2.27. The number of hydrogen-bond donors (Lipinski definition) is 1. The Labute approximate surface area is 108 Å². The maximum Gasteiger partial charge on any atom is 0.121 e. The van der Waals surface area contributed by atoms with Crippen molar-refractivity contribution in [3.05, 3.63) is 23.8 Å². The van der Waals surface area contributed by atoms with Crippen LogP contribution in [0.1, 0.15) is 31.2 Å². The highest BCUT2D eigenvalue weighted by Crippen LogP contribution is 2.34. The molecule has 0 heterocycles. The molecule has 1 aromatic carbocycles. The van der Waals surface area contributed by atoms with Crippen LogP contribution in [0.4, 0.5) is 0 Å². The lowest BCUT2D eigenvalue weighted by atomic mass is 9.96. The average molecular weight is 251 g/mol. The molecule has 0 radical (unpaired) electrons. The summed E-state index contributed by atoms with van der Waals surface area (Å²) in [6.45, 7) is 2.10. The second-order valence-corrected chi connectivity index (χ2v) is 6.16. The number of rotatable bonds is 3. The van der Waals surface area contributed by atoms with Crippen molar-refractivity contribution in [2.24, 2.45) is 5.73 Å². The maximum absolute atomic E-state index is 5.93. The van der Waals surface area contributed by atoms with Gasteiger partial charge in [0.2, 0.25) is 0 Å². The second kappa shape index (κ2) is 5.78. The average Bonchev–Trinajstić information content (AvgIpc) is 2.32. The number of benzene rings is 1. The highest BCUT2D eigenvalue weighted by atomic mass is 32.2. The van der Waals surface area contributed by atoms with Crippen molar-refractivity contribution in [2.75, 3.05) is 7.11 Å². The van der Waals surface area contributed by atoms with Crippen LogP contribution in [0.3, 0.4) is 0 Å². The molecule has 2 N–H and O–H groups in total. The lowest BCUT2D eigenvalue weighted by Gasteiger charge is -2.25. The zero-order valence-electron chi connectivity index (χ0n) is 10.6. The van der Waals surface area contributed by atoms with E-state index in [1.54, 1.807) is 7.11 Å². The molecule has 1 aliphatic rings. The number of hydrogen-bond acceptors (Lipinski definition) is 3. The molecule has 0 saturated heterocycles. The van der Waals surface area contributed by atoms with Crippen molar-refractivity contribution in [3.8, 4) is 5.75 Å². The Morgan fingerprint density at radius 2 is 1.94 bits per heavy atom. The first-order chi connectivity index (χ1) is 8.19. The zero-order chi connectivity index (χ0) is 12.3. The number of ether oxygens (including phenoxy) is 1. The van der Waals surface area contributed by atoms with Gasteiger partial charge in [-0.3, -0.25) is 0 Å². The van der Waals surface area contributed by atoms with Crippen LogP contribution in [0.2, 0.25) is 0 Å². The van der Waals surface area contributed by atoms with Crippen molar-refractivity contribution < 1.29 is 4.74 Å². The quantitative estimate of drug-likeness (QED) is 0.894. The minimum atomic E-state index is 0.435. The molecule has 2 rings (SSSR count). The molecule has 0 aliphatic heterocycles. The van der Waals surface area contributed by atoms with Gasteiger partial charge in [-0.1, -0.05) is 0 Å². The highest BCUT2D eigenvalue weighted by molar-refractivity contribution is 8.00. The van der Waals surface area contributed by atoms with Gasteiger partial charge in [0.1, 0.15) is 5.75 Å². The van der Waals surface area contributed by atoms with Gasteiger partial charge >= 0.3 is 0 Å². The zero-order valence-corrected chi connectivity index (χ0v) is 11.4. The molecule has 1 saturated carbocycles. The first kappa shape index (κ1) is 12.8. The molecular formula is C14H21NOS. The van der Waals surface area contributed by atoms with Crippen LogP contribution < -0.4 is 10.5 Å². The predicted octanol–water partition coefficient (Wildman–Crippen LogP) is 3.37. The summed E-state index contributed by atoms with van der Waals surface area (Å²) >= 11 is 1.99. The van der Waals surface area contributed by atoms with Gasteiger partial charge in [0.25, 0.3) is 0 Å². The van der Waals surface area contributed by atoms with Crippen LogP contribution in [0.5, 0.6) is 5.75 Å². The SMILES string of the molecule is COc1ccc(SC2CCC(N)CC2)cc1C. The number of methoxy groups -OCH3 is 1. The molecule has 0 aromatic heterocycles. The topological polar surface area (TPSA) is 35.2 Å². The van der Waals surface area contributed by atoms with Gasteiger partial charge in [-0.25, -0.2) is 0 Å². The largest absolute Gasteiger partial charge is 0.496 e. The third-order valence-electron chi connectivity index (χ3n) is 3.39. The van der Waals surface area contributed by atoms with E-state index in [1.807, 2.05) is 11.8 Å². The molecule has 0 unspecified atom stereocenters. The van der Waals surface area contributed by atoms with Crippen LogP contribution in [0, 0.1) is 6.92 Å². The van der Waals surface area contributed by atoms with Crippen molar-refractivity contribution in [1.82, 2.24) is 0 Å². The van der Waals surface area contributed by atoms with Crippen molar-refractivity contribution >= 4 is 11.8 Å². The van der Waals surface area contributed by atoms with Crippen molar-refractivity contribution in [3.63, 3.8) is 0 Å². The normalized spacial score (nSPS) is 24.6. The van der Waals surface area contributed by atoms with Crippen LogP contribution >= 0.6 is 11.8 Å². The van der Waals surface area contributed by atoms with E-state index >= 15 is 0 Å². The Balaban J connectivity index is 1.97. The van der Waals surface area contributed by atoms with E-state index in [1.165, 1.54) is 36.1 Å². The molecule has 94 valence electrons. The van der Waals surface area contributed by atoms with Gasteiger partial charge in [0.05, 0.1) is 7.11 Å². The molecule has 0 amide bonds. The van der Waals surface area contributed by atoms with E-state index in [-0.39, 0.29) is 0 Å².